The number of aliphatic hydroxyl groups is 1. The number of carbonyl (C=O) groups excluding carboxylic acids is 2. The lowest BCUT2D eigenvalue weighted by Gasteiger charge is -2.38. The number of esters is 2. The van der Waals surface area contributed by atoms with Gasteiger partial charge in [0.1, 0.15) is 12.2 Å². The zero-order chi connectivity index (χ0) is 23.8. The molecule has 0 aromatic heterocycles. The SMILES string of the molecule is CCC(CC(C)(CC(C)(C)C(=O)OC1(CC)CCCC1)C(=O)OCCO)c1ccccc1. The van der Waals surface area contributed by atoms with E-state index in [1.165, 1.54) is 5.56 Å². The Morgan fingerprint density at radius 1 is 1.06 bits per heavy atom. The molecule has 0 bridgehead atoms. The first-order valence-electron chi connectivity index (χ1n) is 12.2. The second kappa shape index (κ2) is 11.3. The molecule has 32 heavy (non-hydrogen) atoms. The molecule has 5 nitrogen and oxygen atoms in total. The van der Waals surface area contributed by atoms with Crippen molar-refractivity contribution in [2.75, 3.05) is 13.2 Å². The number of hydrogen-bond donors (Lipinski definition) is 1. The van der Waals surface area contributed by atoms with Crippen molar-refractivity contribution < 1.29 is 24.2 Å². The number of rotatable bonds is 12. The lowest BCUT2D eigenvalue weighted by Crippen LogP contribution is -2.43. The Hall–Kier alpha value is -1.88. The summed E-state index contributed by atoms with van der Waals surface area (Å²) in [6.07, 6.45) is 6.57. The highest BCUT2D eigenvalue weighted by Crippen LogP contribution is 2.45. The minimum absolute atomic E-state index is 0.0413. The molecule has 0 aliphatic heterocycles. The summed E-state index contributed by atoms with van der Waals surface area (Å²) < 4.78 is 11.5. The van der Waals surface area contributed by atoms with Gasteiger partial charge >= 0.3 is 11.9 Å². The summed E-state index contributed by atoms with van der Waals surface area (Å²) in [5.74, 6) is -0.449. The van der Waals surface area contributed by atoms with Gasteiger partial charge in [-0.1, -0.05) is 44.2 Å². The number of ether oxygens (including phenoxy) is 2. The van der Waals surface area contributed by atoms with Crippen LogP contribution in [0.5, 0.6) is 0 Å². The Balaban J connectivity index is 2.26. The molecule has 1 aliphatic carbocycles. The fourth-order valence-electron chi connectivity index (χ4n) is 5.24. The molecule has 5 heteroatoms. The maximum Gasteiger partial charge on any atom is 0.312 e. The van der Waals surface area contributed by atoms with Gasteiger partial charge in [-0.15, -0.1) is 0 Å². The highest BCUT2D eigenvalue weighted by atomic mass is 16.6. The van der Waals surface area contributed by atoms with Gasteiger partial charge < -0.3 is 14.6 Å². The summed E-state index contributed by atoms with van der Waals surface area (Å²) in [4.78, 5) is 26.5. The van der Waals surface area contributed by atoms with Crippen molar-refractivity contribution in [2.24, 2.45) is 10.8 Å². The van der Waals surface area contributed by atoms with Crippen LogP contribution in [0, 0.1) is 10.8 Å². The Labute approximate surface area is 193 Å². The average Bonchev–Trinajstić information content (AvgIpc) is 3.25. The van der Waals surface area contributed by atoms with E-state index in [4.69, 9.17) is 9.47 Å². The van der Waals surface area contributed by atoms with Crippen LogP contribution in [0.4, 0.5) is 0 Å². The van der Waals surface area contributed by atoms with Crippen LogP contribution in [-0.2, 0) is 19.1 Å². The van der Waals surface area contributed by atoms with E-state index in [0.717, 1.165) is 38.5 Å². The maximum absolute atomic E-state index is 13.3. The molecule has 2 atom stereocenters. The van der Waals surface area contributed by atoms with Crippen LogP contribution in [0.15, 0.2) is 30.3 Å². The second-order valence-corrected chi connectivity index (χ2v) is 10.3. The van der Waals surface area contributed by atoms with Crippen LogP contribution in [0.2, 0.25) is 0 Å². The highest BCUT2D eigenvalue weighted by Gasteiger charge is 2.47. The van der Waals surface area contributed by atoms with Gasteiger partial charge in [0.25, 0.3) is 0 Å². The lowest BCUT2D eigenvalue weighted by atomic mass is 9.68. The summed E-state index contributed by atoms with van der Waals surface area (Å²) >= 11 is 0. The molecule has 180 valence electrons. The Bertz CT molecular complexity index is 736. The normalized spacial score (nSPS) is 18.6. The number of hydrogen-bond acceptors (Lipinski definition) is 5. The third-order valence-corrected chi connectivity index (χ3v) is 7.13. The van der Waals surface area contributed by atoms with Gasteiger partial charge in [-0.05, 0) is 83.6 Å². The Kier molecular flexibility index (Phi) is 9.32. The molecule has 1 aliphatic rings. The minimum Gasteiger partial charge on any atom is -0.463 e. The fraction of sp³-hybridized carbons (Fsp3) is 0.704. The second-order valence-electron chi connectivity index (χ2n) is 10.3. The zero-order valence-corrected chi connectivity index (χ0v) is 20.6. The van der Waals surface area contributed by atoms with Crippen LogP contribution < -0.4 is 0 Å². The van der Waals surface area contributed by atoms with Crippen molar-refractivity contribution in [3.8, 4) is 0 Å². The van der Waals surface area contributed by atoms with Crippen LogP contribution in [0.3, 0.4) is 0 Å². The molecule has 1 fully saturated rings. The molecular weight excluding hydrogens is 404 g/mol. The summed E-state index contributed by atoms with van der Waals surface area (Å²) in [7, 11) is 0. The monoisotopic (exact) mass is 446 g/mol. The molecule has 0 radical (unpaired) electrons. The number of carbonyl (C=O) groups is 2. The Morgan fingerprint density at radius 3 is 2.22 bits per heavy atom. The molecule has 2 unspecified atom stereocenters. The van der Waals surface area contributed by atoms with Gasteiger partial charge in [-0.25, -0.2) is 0 Å². The van der Waals surface area contributed by atoms with Crippen LogP contribution in [0.25, 0.3) is 0 Å². The minimum atomic E-state index is -0.886. The predicted molar refractivity (Wildman–Crippen MR) is 126 cm³/mol. The largest absolute Gasteiger partial charge is 0.463 e. The van der Waals surface area contributed by atoms with E-state index < -0.39 is 10.8 Å². The van der Waals surface area contributed by atoms with E-state index in [2.05, 4.69) is 26.0 Å². The van der Waals surface area contributed by atoms with E-state index in [1.807, 2.05) is 39.0 Å². The van der Waals surface area contributed by atoms with Crippen molar-refractivity contribution in [3.05, 3.63) is 35.9 Å². The van der Waals surface area contributed by atoms with Crippen LogP contribution in [-0.4, -0.2) is 35.9 Å². The molecule has 1 aromatic rings. The van der Waals surface area contributed by atoms with Crippen molar-refractivity contribution >= 4 is 11.9 Å². The summed E-state index contributed by atoms with van der Waals surface area (Å²) in [5, 5.41) is 9.17. The van der Waals surface area contributed by atoms with Gasteiger partial charge in [-0.2, -0.15) is 0 Å². The van der Waals surface area contributed by atoms with Crippen molar-refractivity contribution in [2.45, 2.75) is 97.5 Å². The average molecular weight is 447 g/mol. The quantitative estimate of drug-likeness (QED) is 0.411. The van der Waals surface area contributed by atoms with Crippen molar-refractivity contribution in [1.82, 2.24) is 0 Å². The van der Waals surface area contributed by atoms with Gasteiger partial charge in [0.05, 0.1) is 17.4 Å². The third-order valence-electron chi connectivity index (χ3n) is 7.13. The Morgan fingerprint density at radius 2 is 1.69 bits per heavy atom. The molecule has 2 rings (SSSR count). The standard InChI is InChI=1S/C27H42O5/c1-6-21(22-13-9-8-10-14-22)19-26(5,24(30)31-18-17-28)20-25(3,4)23(29)32-27(7-2)15-11-12-16-27/h8-10,13-14,21,28H,6-7,11-12,15-20H2,1-5H3. The summed E-state index contributed by atoms with van der Waals surface area (Å²) in [6, 6.07) is 10.2. The van der Waals surface area contributed by atoms with Crippen LogP contribution in [0.1, 0.15) is 97.5 Å². The van der Waals surface area contributed by atoms with Gasteiger partial charge in [0.15, 0.2) is 0 Å². The van der Waals surface area contributed by atoms with E-state index in [1.54, 1.807) is 0 Å². The first-order chi connectivity index (χ1) is 15.1. The van der Waals surface area contributed by atoms with Crippen LogP contribution >= 0.6 is 0 Å². The first kappa shape index (κ1) is 26.4. The summed E-state index contributed by atoms with van der Waals surface area (Å²) in [6.45, 7) is 9.56. The highest BCUT2D eigenvalue weighted by molar-refractivity contribution is 5.80. The van der Waals surface area contributed by atoms with E-state index >= 15 is 0 Å². The fourth-order valence-corrected chi connectivity index (χ4v) is 5.24. The number of aliphatic hydroxyl groups excluding tert-OH is 1. The van der Waals surface area contributed by atoms with Crippen molar-refractivity contribution in [1.29, 1.82) is 0 Å². The van der Waals surface area contributed by atoms with Gasteiger partial charge in [0.2, 0.25) is 0 Å². The van der Waals surface area contributed by atoms with Gasteiger partial charge in [-0.3, -0.25) is 9.59 Å². The third kappa shape index (κ3) is 6.57. The molecule has 0 spiro atoms. The molecule has 0 amide bonds. The van der Waals surface area contributed by atoms with E-state index in [-0.39, 0.29) is 36.7 Å². The topological polar surface area (TPSA) is 72.8 Å². The molecule has 1 N–H and O–H groups in total. The molecule has 1 saturated carbocycles. The molecular formula is C27H42O5. The molecule has 0 heterocycles. The van der Waals surface area contributed by atoms with Gasteiger partial charge in [0, 0.05) is 0 Å². The summed E-state index contributed by atoms with van der Waals surface area (Å²) in [5.41, 5.74) is -0.916. The van der Waals surface area contributed by atoms with E-state index in [0.29, 0.717) is 12.8 Å². The maximum atomic E-state index is 13.3. The number of benzene rings is 1. The van der Waals surface area contributed by atoms with E-state index in [9.17, 15) is 14.7 Å². The smallest absolute Gasteiger partial charge is 0.312 e. The first-order valence-corrected chi connectivity index (χ1v) is 12.2. The lowest BCUT2D eigenvalue weighted by molar-refractivity contribution is -0.175. The zero-order valence-electron chi connectivity index (χ0n) is 20.6. The van der Waals surface area contributed by atoms with Crippen molar-refractivity contribution in [3.63, 3.8) is 0 Å². The predicted octanol–water partition coefficient (Wildman–Crippen LogP) is 5.79. The molecule has 1 aromatic carbocycles. The molecule has 0 saturated heterocycles.